The fourth-order valence-corrected chi connectivity index (χ4v) is 4.72. The first-order valence-corrected chi connectivity index (χ1v) is 13.1. The molecular weight excluding hydrogens is 432 g/mol. The third-order valence-electron chi connectivity index (χ3n) is 6.77. The minimum absolute atomic E-state index is 0.0984. The van der Waals surface area contributed by atoms with Crippen LogP contribution in [0.2, 0.25) is 0 Å². The van der Waals surface area contributed by atoms with Crippen molar-refractivity contribution in [3.63, 3.8) is 0 Å². The van der Waals surface area contributed by atoms with Crippen LogP contribution in [0, 0.1) is 0 Å². The number of carbonyl (C=O) groups is 1. The zero-order chi connectivity index (χ0) is 24.1. The van der Waals surface area contributed by atoms with E-state index in [1.54, 1.807) is 0 Å². The third kappa shape index (κ3) is 8.52. The number of benzene rings is 2. The molecular formula is C30H38N4O. The van der Waals surface area contributed by atoms with Crippen molar-refractivity contribution in [2.75, 3.05) is 29.9 Å². The van der Waals surface area contributed by atoms with Crippen LogP contribution < -0.4 is 15.5 Å². The second kappa shape index (κ2) is 13.6. The van der Waals surface area contributed by atoms with Gasteiger partial charge in [-0.2, -0.15) is 0 Å². The predicted molar refractivity (Wildman–Crippen MR) is 145 cm³/mol. The molecule has 35 heavy (non-hydrogen) atoms. The molecule has 2 aromatic carbocycles. The second-order valence-electron chi connectivity index (χ2n) is 9.47. The quantitative estimate of drug-likeness (QED) is 0.337. The average Bonchev–Trinajstić information content (AvgIpc) is 2.91. The lowest BCUT2D eigenvalue weighted by Crippen LogP contribution is -2.42. The minimum atomic E-state index is 0.0984. The van der Waals surface area contributed by atoms with E-state index in [9.17, 15) is 4.79 Å². The molecule has 0 bridgehead atoms. The van der Waals surface area contributed by atoms with Crippen LogP contribution in [0.15, 0.2) is 79.1 Å². The van der Waals surface area contributed by atoms with Gasteiger partial charge in [-0.05, 0) is 92.9 Å². The Bertz CT molecular complexity index is 1000. The molecule has 1 aliphatic heterocycles. The summed E-state index contributed by atoms with van der Waals surface area (Å²) in [6.45, 7) is 3.18. The summed E-state index contributed by atoms with van der Waals surface area (Å²) < 4.78 is 0. The Morgan fingerprint density at radius 2 is 1.60 bits per heavy atom. The number of amides is 1. The molecule has 0 radical (unpaired) electrons. The van der Waals surface area contributed by atoms with Crippen molar-refractivity contribution in [2.24, 2.45) is 0 Å². The number of pyridine rings is 1. The number of rotatable bonds is 12. The van der Waals surface area contributed by atoms with E-state index in [0.717, 1.165) is 70.3 Å². The molecule has 5 nitrogen and oxygen atoms in total. The molecule has 0 spiro atoms. The van der Waals surface area contributed by atoms with Crippen LogP contribution in [-0.2, 0) is 17.6 Å². The maximum absolute atomic E-state index is 12.3. The Hall–Kier alpha value is -3.18. The molecule has 2 N–H and O–H groups in total. The van der Waals surface area contributed by atoms with Gasteiger partial charge in [-0.1, -0.05) is 36.4 Å². The number of nitrogens with zero attached hydrogens (tertiary/aromatic N) is 2. The highest BCUT2D eigenvalue weighted by molar-refractivity contribution is 5.90. The fraction of sp³-hybridized carbons (Fsp3) is 0.400. The summed E-state index contributed by atoms with van der Waals surface area (Å²) in [6.07, 6.45) is 11.9. The second-order valence-corrected chi connectivity index (χ2v) is 9.47. The van der Waals surface area contributed by atoms with Crippen LogP contribution in [0.3, 0.4) is 0 Å². The number of piperidine rings is 1. The molecule has 1 amide bonds. The summed E-state index contributed by atoms with van der Waals surface area (Å²) in [7, 11) is 0. The number of anilines is 2. The zero-order valence-electron chi connectivity index (χ0n) is 20.7. The molecule has 0 saturated carbocycles. The van der Waals surface area contributed by atoms with Crippen molar-refractivity contribution in [1.82, 2.24) is 10.3 Å². The van der Waals surface area contributed by atoms with Gasteiger partial charge in [0, 0.05) is 49.3 Å². The van der Waals surface area contributed by atoms with E-state index in [-0.39, 0.29) is 5.91 Å². The SMILES string of the molecule is O=C(CCCCc1ccccc1)Nc1ccc(N2CCC(NCCCc3cccnc3)CC2)cc1. The summed E-state index contributed by atoms with van der Waals surface area (Å²) in [5, 5.41) is 6.78. The van der Waals surface area contributed by atoms with Crippen molar-refractivity contribution in [3.05, 3.63) is 90.3 Å². The van der Waals surface area contributed by atoms with E-state index in [0.29, 0.717) is 12.5 Å². The average molecular weight is 471 g/mol. The van der Waals surface area contributed by atoms with Crippen molar-refractivity contribution in [1.29, 1.82) is 0 Å². The van der Waals surface area contributed by atoms with Gasteiger partial charge < -0.3 is 15.5 Å². The van der Waals surface area contributed by atoms with Crippen LogP contribution in [0.5, 0.6) is 0 Å². The molecule has 0 aliphatic carbocycles. The van der Waals surface area contributed by atoms with Crippen LogP contribution in [-0.4, -0.2) is 36.6 Å². The van der Waals surface area contributed by atoms with E-state index in [1.165, 1.54) is 16.8 Å². The lowest BCUT2D eigenvalue weighted by Gasteiger charge is -2.34. The Morgan fingerprint density at radius 3 is 2.34 bits per heavy atom. The van der Waals surface area contributed by atoms with Crippen LogP contribution in [0.4, 0.5) is 11.4 Å². The zero-order valence-corrected chi connectivity index (χ0v) is 20.7. The Labute approximate surface area is 210 Å². The maximum Gasteiger partial charge on any atom is 0.224 e. The summed E-state index contributed by atoms with van der Waals surface area (Å²) in [4.78, 5) is 18.9. The molecule has 3 aromatic rings. The highest BCUT2D eigenvalue weighted by Crippen LogP contribution is 2.22. The number of unbranched alkanes of at least 4 members (excludes halogenated alkanes) is 1. The van der Waals surface area contributed by atoms with Crippen LogP contribution >= 0.6 is 0 Å². The van der Waals surface area contributed by atoms with Gasteiger partial charge >= 0.3 is 0 Å². The fourth-order valence-electron chi connectivity index (χ4n) is 4.72. The molecule has 0 unspecified atom stereocenters. The molecule has 1 fully saturated rings. The lowest BCUT2D eigenvalue weighted by atomic mass is 10.0. The lowest BCUT2D eigenvalue weighted by molar-refractivity contribution is -0.116. The van der Waals surface area contributed by atoms with Gasteiger partial charge in [-0.3, -0.25) is 9.78 Å². The number of carbonyl (C=O) groups excluding carboxylic acids is 1. The first kappa shape index (κ1) is 24.9. The highest BCUT2D eigenvalue weighted by Gasteiger charge is 2.19. The van der Waals surface area contributed by atoms with E-state index < -0.39 is 0 Å². The molecule has 5 heteroatoms. The number of hydrogen-bond donors (Lipinski definition) is 2. The summed E-state index contributed by atoms with van der Waals surface area (Å²) in [5.74, 6) is 0.0984. The van der Waals surface area contributed by atoms with Gasteiger partial charge in [-0.25, -0.2) is 0 Å². The van der Waals surface area contributed by atoms with Gasteiger partial charge in [0.15, 0.2) is 0 Å². The molecule has 4 rings (SSSR count). The maximum atomic E-state index is 12.3. The summed E-state index contributed by atoms with van der Waals surface area (Å²) in [5.41, 5.74) is 4.77. The molecule has 2 heterocycles. The van der Waals surface area contributed by atoms with Gasteiger partial charge in [0.25, 0.3) is 0 Å². The molecule has 184 valence electrons. The summed E-state index contributed by atoms with van der Waals surface area (Å²) in [6, 6.07) is 23.5. The van der Waals surface area contributed by atoms with E-state index in [2.05, 4.69) is 63.0 Å². The molecule has 1 aliphatic rings. The molecule has 1 saturated heterocycles. The standard InChI is InChI=1S/C30H38N4O/c35-30(13-5-4-10-25-8-2-1-3-9-25)33-28-14-16-29(17-15-28)34-22-18-27(19-23-34)32-21-7-12-26-11-6-20-31-24-26/h1-3,6,8-9,11,14-17,20,24,27,32H,4-5,7,10,12-13,18-19,21-23H2,(H,33,35). The van der Waals surface area contributed by atoms with E-state index in [1.807, 2.05) is 36.7 Å². The van der Waals surface area contributed by atoms with Gasteiger partial charge in [0.2, 0.25) is 5.91 Å². The topological polar surface area (TPSA) is 57.3 Å². The molecule has 0 atom stereocenters. The normalized spacial score (nSPS) is 14.1. The number of aromatic nitrogens is 1. The van der Waals surface area contributed by atoms with Crippen molar-refractivity contribution >= 4 is 17.3 Å². The first-order valence-electron chi connectivity index (χ1n) is 13.1. The number of hydrogen-bond acceptors (Lipinski definition) is 4. The van der Waals surface area contributed by atoms with Gasteiger partial charge in [0.1, 0.15) is 0 Å². The highest BCUT2D eigenvalue weighted by atomic mass is 16.1. The van der Waals surface area contributed by atoms with E-state index in [4.69, 9.17) is 0 Å². The smallest absolute Gasteiger partial charge is 0.224 e. The number of aryl methyl sites for hydroxylation is 2. The largest absolute Gasteiger partial charge is 0.371 e. The predicted octanol–water partition coefficient (Wildman–Crippen LogP) is 5.62. The monoisotopic (exact) mass is 470 g/mol. The van der Waals surface area contributed by atoms with Gasteiger partial charge in [0.05, 0.1) is 0 Å². The van der Waals surface area contributed by atoms with Crippen LogP contribution in [0.1, 0.15) is 49.7 Å². The van der Waals surface area contributed by atoms with E-state index >= 15 is 0 Å². The Balaban J connectivity index is 1.10. The Kier molecular flexibility index (Phi) is 9.72. The van der Waals surface area contributed by atoms with Crippen molar-refractivity contribution < 1.29 is 4.79 Å². The van der Waals surface area contributed by atoms with Crippen molar-refractivity contribution in [2.45, 2.75) is 57.4 Å². The van der Waals surface area contributed by atoms with Gasteiger partial charge in [-0.15, -0.1) is 0 Å². The number of nitrogens with one attached hydrogen (secondary N) is 2. The molecule has 1 aromatic heterocycles. The summed E-state index contributed by atoms with van der Waals surface area (Å²) >= 11 is 0. The van der Waals surface area contributed by atoms with Crippen LogP contribution in [0.25, 0.3) is 0 Å². The first-order chi connectivity index (χ1) is 17.3. The third-order valence-corrected chi connectivity index (χ3v) is 6.77. The Morgan fingerprint density at radius 1 is 0.857 bits per heavy atom. The minimum Gasteiger partial charge on any atom is -0.371 e. The van der Waals surface area contributed by atoms with Crippen molar-refractivity contribution in [3.8, 4) is 0 Å².